The fourth-order valence-electron chi connectivity index (χ4n) is 2.01. The molecule has 0 saturated carbocycles. The van der Waals surface area contributed by atoms with E-state index in [9.17, 15) is 9.59 Å². The average molecular weight is 246 g/mol. The standard InChI is InChI=1S/C14H18N2O2/c1-10(2)9-15-14(18)16-8-7-13(17)11-5-3-4-6-12(11)16/h3-6,10H,7-9H2,1-2H3,(H,15,18). The van der Waals surface area contributed by atoms with Crippen LogP contribution in [0, 0.1) is 5.92 Å². The van der Waals surface area contributed by atoms with Crippen molar-refractivity contribution in [1.82, 2.24) is 5.32 Å². The van der Waals surface area contributed by atoms with Crippen LogP contribution >= 0.6 is 0 Å². The fraction of sp³-hybridized carbons (Fsp3) is 0.429. The monoisotopic (exact) mass is 246 g/mol. The van der Waals surface area contributed by atoms with Gasteiger partial charge in [0.1, 0.15) is 0 Å². The predicted molar refractivity (Wildman–Crippen MR) is 71.0 cm³/mol. The number of anilines is 1. The molecular formula is C14H18N2O2. The SMILES string of the molecule is CC(C)CNC(=O)N1CCC(=O)c2ccccc21. The molecule has 2 rings (SSSR count). The van der Waals surface area contributed by atoms with Crippen molar-refractivity contribution < 1.29 is 9.59 Å². The summed E-state index contributed by atoms with van der Waals surface area (Å²) in [5.74, 6) is 0.522. The summed E-state index contributed by atoms with van der Waals surface area (Å²) in [6.07, 6.45) is 0.395. The van der Waals surface area contributed by atoms with E-state index in [1.54, 1.807) is 11.0 Å². The van der Waals surface area contributed by atoms with E-state index < -0.39 is 0 Å². The van der Waals surface area contributed by atoms with Crippen molar-refractivity contribution in [2.24, 2.45) is 5.92 Å². The molecule has 1 aromatic carbocycles. The van der Waals surface area contributed by atoms with Crippen LogP contribution in [-0.2, 0) is 0 Å². The summed E-state index contributed by atoms with van der Waals surface area (Å²) >= 11 is 0. The summed E-state index contributed by atoms with van der Waals surface area (Å²) in [4.78, 5) is 25.5. The van der Waals surface area contributed by atoms with Crippen LogP contribution in [0.25, 0.3) is 0 Å². The van der Waals surface area contributed by atoms with Crippen LogP contribution in [0.3, 0.4) is 0 Å². The number of hydrogen-bond donors (Lipinski definition) is 1. The summed E-state index contributed by atoms with van der Waals surface area (Å²) in [5, 5.41) is 2.88. The number of rotatable bonds is 2. The van der Waals surface area contributed by atoms with Gasteiger partial charge in [-0.2, -0.15) is 0 Å². The van der Waals surface area contributed by atoms with Crippen molar-refractivity contribution in [1.29, 1.82) is 0 Å². The number of Topliss-reactive ketones (excluding diaryl/α,β-unsaturated/α-hetero) is 1. The van der Waals surface area contributed by atoms with Gasteiger partial charge in [0.25, 0.3) is 0 Å². The van der Waals surface area contributed by atoms with E-state index >= 15 is 0 Å². The lowest BCUT2D eigenvalue weighted by molar-refractivity contribution is 0.0981. The summed E-state index contributed by atoms with van der Waals surface area (Å²) in [7, 11) is 0. The van der Waals surface area contributed by atoms with Crippen molar-refractivity contribution in [2.75, 3.05) is 18.0 Å². The Balaban J connectivity index is 2.18. The molecule has 0 spiro atoms. The Bertz CT molecular complexity index is 469. The number of carbonyl (C=O) groups excluding carboxylic acids is 2. The lowest BCUT2D eigenvalue weighted by Gasteiger charge is -2.29. The summed E-state index contributed by atoms with van der Waals surface area (Å²) in [6, 6.07) is 7.15. The van der Waals surface area contributed by atoms with Gasteiger partial charge in [-0.05, 0) is 18.1 Å². The number of carbonyl (C=O) groups is 2. The Morgan fingerprint density at radius 3 is 2.83 bits per heavy atom. The molecule has 1 N–H and O–H groups in total. The van der Waals surface area contributed by atoms with Gasteiger partial charge in [-0.3, -0.25) is 9.69 Å². The molecule has 0 aliphatic carbocycles. The van der Waals surface area contributed by atoms with Gasteiger partial charge < -0.3 is 5.32 Å². The highest BCUT2D eigenvalue weighted by Crippen LogP contribution is 2.26. The average Bonchev–Trinajstić information content (AvgIpc) is 2.37. The first kappa shape index (κ1) is 12.6. The number of hydrogen-bond acceptors (Lipinski definition) is 2. The Hall–Kier alpha value is -1.84. The van der Waals surface area contributed by atoms with Gasteiger partial charge in [0, 0.05) is 25.1 Å². The first-order valence-corrected chi connectivity index (χ1v) is 6.27. The Kier molecular flexibility index (Phi) is 3.65. The zero-order valence-corrected chi connectivity index (χ0v) is 10.8. The van der Waals surface area contributed by atoms with Crippen molar-refractivity contribution >= 4 is 17.5 Å². The van der Waals surface area contributed by atoms with Crippen LogP contribution < -0.4 is 10.2 Å². The smallest absolute Gasteiger partial charge is 0.321 e. The Labute approximate surface area is 107 Å². The molecule has 0 atom stereocenters. The molecule has 1 aromatic rings. The van der Waals surface area contributed by atoms with Crippen molar-refractivity contribution in [2.45, 2.75) is 20.3 Å². The van der Waals surface area contributed by atoms with Gasteiger partial charge in [0.2, 0.25) is 0 Å². The normalized spacial score (nSPS) is 14.6. The van der Waals surface area contributed by atoms with E-state index in [1.807, 2.05) is 32.0 Å². The lowest BCUT2D eigenvalue weighted by Crippen LogP contribution is -2.44. The second kappa shape index (κ2) is 5.21. The third-order valence-electron chi connectivity index (χ3n) is 2.96. The molecule has 1 aliphatic rings. The van der Waals surface area contributed by atoms with Gasteiger partial charge >= 0.3 is 6.03 Å². The van der Waals surface area contributed by atoms with Gasteiger partial charge in [-0.15, -0.1) is 0 Å². The van der Waals surface area contributed by atoms with E-state index in [-0.39, 0.29) is 11.8 Å². The van der Waals surface area contributed by atoms with Crippen LogP contribution in [-0.4, -0.2) is 24.9 Å². The highest BCUT2D eigenvalue weighted by Gasteiger charge is 2.26. The zero-order chi connectivity index (χ0) is 13.1. The van der Waals surface area contributed by atoms with Gasteiger partial charge in [0.05, 0.1) is 5.69 Å². The van der Waals surface area contributed by atoms with Crippen LogP contribution in [0.4, 0.5) is 10.5 Å². The molecule has 0 unspecified atom stereocenters. The molecule has 0 fully saturated rings. The second-order valence-electron chi connectivity index (χ2n) is 4.92. The molecule has 96 valence electrons. The molecule has 2 amide bonds. The molecule has 0 bridgehead atoms. The van der Waals surface area contributed by atoms with Crippen LogP contribution in [0.5, 0.6) is 0 Å². The molecular weight excluding hydrogens is 228 g/mol. The van der Waals surface area contributed by atoms with Crippen molar-refractivity contribution in [3.63, 3.8) is 0 Å². The number of amides is 2. The van der Waals surface area contributed by atoms with Crippen molar-refractivity contribution in [3.8, 4) is 0 Å². The number of fused-ring (bicyclic) bond motifs is 1. The number of urea groups is 1. The van der Waals surface area contributed by atoms with Gasteiger partial charge in [-0.25, -0.2) is 4.79 Å². The van der Waals surface area contributed by atoms with Crippen LogP contribution in [0.2, 0.25) is 0 Å². The van der Waals surface area contributed by atoms with Gasteiger partial charge in [0.15, 0.2) is 5.78 Å². The van der Waals surface area contributed by atoms with E-state index in [2.05, 4.69) is 5.32 Å². The highest BCUT2D eigenvalue weighted by atomic mass is 16.2. The minimum Gasteiger partial charge on any atom is -0.337 e. The maximum absolute atomic E-state index is 12.1. The summed E-state index contributed by atoms with van der Waals surface area (Å²) < 4.78 is 0. The van der Waals surface area contributed by atoms with E-state index in [0.717, 1.165) is 5.69 Å². The lowest BCUT2D eigenvalue weighted by atomic mass is 10.0. The quantitative estimate of drug-likeness (QED) is 0.871. The Morgan fingerprint density at radius 1 is 1.39 bits per heavy atom. The molecule has 1 heterocycles. The topological polar surface area (TPSA) is 49.4 Å². The van der Waals surface area contributed by atoms with Crippen LogP contribution in [0.15, 0.2) is 24.3 Å². The molecule has 0 radical (unpaired) electrons. The first-order valence-electron chi connectivity index (χ1n) is 6.27. The molecule has 0 saturated heterocycles. The number of nitrogens with zero attached hydrogens (tertiary/aromatic N) is 1. The molecule has 4 heteroatoms. The van der Waals surface area contributed by atoms with Gasteiger partial charge in [-0.1, -0.05) is 26.0 Å². The summed E-state index contributed by atoms with van der Waals surface area (Å²) in [5.41, 5.74) is 1.36. The predicted octanol–water partition coefficient (Wildman–Crippen LogP) is 2.45. The minimum atomic E-state index is -0.122. The van der Waals surface area contributed by atoms with E-state index in [1.165, 1.54) is 0 Å². The zero-order valence-electron chi connectivity index (χ0n) is 10.8. The fourth-order valence-corrected chi connectivity index (χ4v) is 2.01. The molecule has 4 nitrogen and oxygen atoms in total. The third kappa shape index (κ3) is 2.53. The largest absolute Gasteiger partial charge is 0.337 e. The highest BCUT2D eigenvalue weighted by molar-refractivity contribution is 6.08. The minimum absolute atomic E-state index is 0.110. The number of ketones is 1. The third-order valence-corrected chi connectivity index (χ3v) is 2.96. The van der Waals surface area contributed by atoms with E-state index in [4.69, 9.17) is 0 Å². The number of nitrogens with one attached hydrogen (secondary N) is 1. The summed E-state index contributed by atoms with van der Waals surface area (Å²) in [6.45, 7) is 5.20. The maximum Gasteiger partial charge on any atom is 0.321 e. The molecule has 1 aliphatic heterocycles. The molecule has 18 heavy (non-hydrogen) atoms. The second-order valence-corrected chi connectivity index (χ2v) is 4.92. The van der Waals surface area contributed by atoms with E-state index in [0.29, 0.717) is 31.0 Å². The maximum atomic E-state index is 12.1. The number of benzene rings is 1. The first-order chi connectivity index (χ1) is 8.59. The Morgan fingerprint density at radius 2 is 2.11 bits per heavy atom. The van der Waals surface area contributed by atoms with Crippen LogP contribution in [0.1, 0.15) is 30.6 Å². The van der Waals surface area contributed by atoms with Crippen molar-refractivity contribution in [3.05, 3.63) is 29.8 Å². The molecule has 0 aromatic heterocycles. The number of para-hydroxylation sites is 1.